The van der Waals surface area contributed by atoms with E-state index in [0.29, 0.717) is 11.3 Å². The van der Waals surface area contributed by atoms with Crippen molar-refractivity contribution in [1.29, 1.82) is 0 Å². The van der Waals surface area contributed by atoms with Crippen LogP contribution in [0.2, 0.25) is 0 Å². The lowest BCUT2D eigenvalue weighted by atomic mass is 10.1. The van der Waals surface area contributed by atoms with E-state index in [1.807, 2.05) is 25.1 Å². The molecule has 0 bridgehead atoms. The molecule has 3 aromatic rings. The van der Waals surface area contributed by atoms with Crippen molar-refractivity contribution in [3.05, 3.63) is 72.1 Å². The highest BCUT2D eigenvalue weighted by atomic mass is 16.1. The molecule has 98 valence electrons. The van der Waals surface area contributed by atoms with Gasteiger partial charge in [-0.1, -0.05) is 18.2 Å². The number of carbonyl (C=O) groups excluding carboxylic acids is 1. The van der Waals surface area contributed by atoms with Crippen molar-refractivity contribution in [2.24, 2.45) is 0 Å². The molecular formula is C15H12N4O. The Hall–Kier alpha value is -2.82. The number of aryl methyl sites for hydroxylation is 1. The summed E-state index contributed by atoms with van der Waals surface area (Å²) in [7, 11) is 0. The Kier molecular flexibility index (Phi) is 3.09. The Morgan fingerprint density at radius 1 is 1.10 bits per heavy atom. The molecule has 0 N–H and O–H groups in total. The Balaban J connectivity index is 2.12. The van der Waals surface area contributed by atoms with E-state index in [4.69, 9.17) is 0 Å². The molecule has 0 amide bonds. The van der Waals surface area contributed by atoms with Gasteiger partial charge in [0.1, 0.15) is 17.8 Å². The van der Waals surface area contributed by atoms with Crippen molar-refractivity contribution < 1.29 is 4.79 Å². The number of ketones is 1. The molecule has 0 spiro atoms. The molecule has 0 unspecified atom stereocenters. The maximum Gasteiger partial charge on any atom is 0.213 e. The third-order valence-electron chi connectivity index (χ3n) is 3.02. The Labute approximate surface area is 115 Å². The summed E-state index contributed by atoms with van der Waals surface area (Å²) in [5.74, 6) is 0.612. The summed E-state index contributed by atoms with van der Waals surface area (Å²) in [5.41, 5.74) is 1.76. The first kappa shape index (κ1) is 12.2. The highest BCUT2D eigenvalue weighted by Gasteiger charge is 2.16. The highest BCUT2D eigenvalue weighted by Crippen LogP contribution is 2.18. The second-order valence-corrected chi connectivity index (χ2v) is 4.31. The smallest absolute Gasteiger partial charge is 0.213 e. The number of benzene rings is 1. The van der Waals surface area contributed by atoms with Crippen molar-refractivity contribution in [2.75, 3.05) is 0 Å². The molecule has 0 saturated carbocycles. The predicted octanol–water partition coefficient (Wildman–Crippen LogP) is 2.20. The molecule has 5 heteroatoms. The van der Waals surface area contributed by atoms with Crippen molar-refractivity contribution in [3.8, 4) is 5.69 Å². The average molecular weight is 264 g/mol. The quantitative estimate of drug-likeness (QED) is 0.680. The van der Waals surface area contributed by atoms with E-state index in [1.165, 1.54) is 0 Å². The van der Waals surface area contributed by atoms with Gasteiger partial charge in [-0.3, -0.25) is 14.3 Å². The zero-order valence-electron chi connectivity index (χ0n) is 10.9. The Bertz CT molecular complexity index is 749. The fourth-order valence-electron chi connectivity index (χ4n) is 2.04. The molecule has 2 heterocycles. The van der Waals surface area contributed by atoms with Crippen molar-refractivity contribution in [1.82, 2.24) is 19.7 Å². The van der Waals surface area contributed by atoms with Gasteiger partial charge in [0.05, 0.1) is 5.69 Å². The van der Waals surface area contributed by atoms with Crippen LogP contribution in [0.3, 0.4) is 0 Å². The van der Waals surface area contributed by atoms with Crippen molar-refractivity contribution in [3.63, 3.8) is 0 Å². The zero-order valence-corrected chi connectivity index (χ0v) is 10.9. The second-order valence-electron chi connectivity index (χ2n) is 4.31. The number of rotatable bonds is 3. The molecule has 20 heavy (non-hydrogen) atoms. The Morgan fingerprint density at radius 2 is 1.90 bits per heavy atom. The highest BCUT2D eigenvalue weighted by molar-refractivity contribution is 6.10. The number of hydrogen-bond acceptors (Lipinski definition) is 4. The van der Waals surface area contributed by atoms with Crippen molar-refractivity contribution >= 4 is 5.78 Å². The average Bonchev–Trinajstić information content (AvgIpc) is 2.93. The van der Waals surface area contributed by atoms with Gasteiger partial charge in [0, 0.05) is 11.8 Å². The summed E-state index contributed by atoms with van der Waals surface area (Å²) in [4.78, 5) is 16.7. The van der Waals surface area contributed by atoms with E-state index in [-0.39, 0.29) is 5.78 Å². The standard InChI is InChI=1S/C15H12N4O/c1-11-18-17-10-19(11)14-8-3-2-6-12(14)15(20)13-7-4-5-9-16-13/h2-10H,1H3. The largest absolute Gasteiger partial charge is 0.287 e. The van der Waals surface area contributed by atoms with Gasteiger partial charge in [-0.15, -0.1) is 10.2 Å². The van der Waals surface area contributed by atoms with Gasteiger partial charge in [-0.2, -0.15) is 0 Å². The van der Waals surface area contributed by atoms with E-state index in [2.05, 4.69) is 15.2 Å². The van der Waals surface area contributed by atoms with E-state index >= 15 is 0 Å². The molecule has 5 nitrogen and oxygen atoms in total. The minimum atomic E-state index is -0.116. The maximum atomic E-state index is 12.6. The van der Waals surface area contributed by atoms with Gasteiger partial charge in [0.15, 0.2) is 0 Å². The van der Waals surface area contributed by atoms with Crippen LogP contribution in [0, 0.1) is 6.92 Å². The van der Waals surface area contributed by atoms with Gasteiger partial charge in [-0.25, -0.2) is 0 Å². The van der Waals surface area contributed by atoms with Crippen LogP contribution in [-0.2, 0) is 0 Å². The second kappa shape index (κ2) is 5.05. The number of para-hydroxylation sites is 1. The van der Waals surface area contributed by atoms with E-state index in [9.17, 15) is 4.79 Å². The predicted molar refractivity (Wildman–Crippen MR) is 73.8 cm³/mol. The van der Waals surface area contributed by atoms with Gasteiger partial charge in [0.25, 0.3) is 0 Å². The number of nitrogens with zero attached hydrogens (tertiary/aromatic N) is 4. The van der Waals surface area contributed by atoms with E-state index in [1.54, 1.807) is 41.4 Å². The molecule has 1 aromatic carbocycles. The van der Waals surface area contributed by atoms with Crippen LogP contribution in [0.25, 0.3) is 5.69 Å². The van der Waals surface area contributed by atoms with Crippen LogP contribution in [0.5, 0.6) is 0 Å². The molecule has 0 atom stereocenters. The maximum absolute atomic E-state index is 12.6. The lowest BCUT2D eigenvalue weighted by Crippen LogP contribution is -2.09. The number of pyridine rings is 1. The SMILES string of the molecule is Cc1nncn1-c1ccccc1C(=O)c1ccccn1. The molecule has 0 aliphatic carbocycles. The molecule has 0 fully saturated rings. The fourth-order valence-corrected chi connectivity index (χ4v) is 2.04. The summed E-state index contributed by atoms with van der Waals surface area (Å²) < 4.78 is 1.79. The first-order valence-corrected chi connectivity index (χ1v) is 6.19. The summed E-state index contributed by atoms with van der Waals surface area (Å²) >= 11 is 0. The summed E-state index contributed by atoms with van der Waals surface area (Å²) in [6.07, 6.45) is 3.21. The summed E-state index contributed by atoms with van der Waals surface area (Å²) in [5, 5.41) is 7.81. The first-order valence-electron chi connectivity index (χ1n) is 6.19. The molecular weight excluding hydrogens is 252 g/mol. The minimum absolute atomic E-state index is 0.116. The van der Waals surface area contributed by atoms with Gasteiger partial charge >= 0.3 is 0 Å². The van der Waals surface area contributed by atoms with Crippen LogP contribution >= 0.6 is 0 Å². The number of hydrogen-bond donors (Lipinski definition) is 0. The topological polar surface area (TPSA) is 60.7 Å². The molecule has 3 rings (SSSR count). The molecule has 0 aliphatic rings. The van der Waals surface area contributed by atoms with Gasteiger partial charge in [0.2, 0.25) is 5.78 Å². The molecule has 0 saturated heterocycles. The van der Waals surface area contributed by atoms with Crippen molar-refractivity contribution in [2.45, 2.75) is 6.92 Å². The third-order valence-corrected chi connectivity index (χ3v) is 3.02. The summed E-state index contributed by atoms with van der Waals surface area (Å²) in [6.45, 7) is 1.84. The number of aromatic nitrogens is 4. The monoisotopic (exact) mass is 264 g/mol. The first-order chi connectivity index (χ1) is 9.77. The zero-order chi connectivity index (χ0) is 13.9. The van der Waals surface area contributed by atoms with Crippen LogP contribution < -0.4 is 0 Å². The molecule has 0 aliphatic heterocycles. The Morgan fingerprint density at radius 3 is 2.60 bits per heavy atom. The minimum Gasteiger partial charge on any atom is -0.287 e. The molecule has 0 radical (unpaired) electrons. The number of carbonyl (C=O) groups is 1. The van der Waals surface area contributed by atoms with Gasteiger partial charge in [-0.05, 0) is 31.2 Å². The lowest BCUT2D eigenvalue weighted by molar-refractivity contribution is 0.103. The third kappa shape index (κ3) is 2.09. The van der Waals surface area contributed by atoms with Crippen LogP contribution in [0.4, 0.5) is 0 Å². The van der Waals surface area contributed by atoms with Gasteiger partial charge < -0.3 is 0 Å². The summed E-state index contributed by atoms with van der Waals surface area (Å²) in [6, 6.07) is 12.7. The van der Waals surface area contributed by atoms with Crippen LogP contribution in [-0.4, -0.2) is 25.5 Å². The van der Waals surface area contributed by atoms with Crippen LogP contribution in [0.15, 0.2) is 55.0 Å². The normalized spacial score (nSPS) is 10.4. The molecule has 2 aromatic heterocycles. The van der Waals surface area contributed by atoms with Crippen LogP contribution in [0.1, 0.15) is 21.9 Å². The van der Waals surface area contributed by atoms with E-state index in [0.717, 1.165) is 11.5 Å². The van der Waals surface area contributed by atoms with E-state index < -0.39 is 0 Å². The fraction of sp³-hybridized carbons (Fsp3) is 0.0667. The lowest BCUT2D eigenvalue weighted by Gasteiger charge is -2.09.